The summed E-state index contributed by atoms with van der Waals surface area (Å²) in [5.41, 5.74) is 6.30. The Hall–Kier alpha value is -2.11. The summed E-state index contributed by atoms with van der Waals surface area (Å²) in [5, 5.41) is 10.8. The van der Waals surface area contributed by atoms with Crippen LogP contribution < -0.4 is 5.73 Å². The van der Waals surface area contributed by atoms with Crippen LogP contribution in [0.25, 0.3) is 0 Å². The molecule has 1 aromatic carbocycles. The zero-order valence-electron chi connectivity index (χ0n) is 10.1. The lowest BCUT2D eigenvalue weighted by Gasteiger charge is -2.16. The fourth-order valence-corrected chi connectivity index (χ4v) is 2.19. The molecule has 1 aliphatic rings. The number of carbonyl (C=O) groups excluding carboxylic acids is 1. The molecule has 18 heavy (non-hydrogen) atoms. The van der Waals surface area contributed by atoms with Crippen molar-refractivity contribution in [3.05, 3.63) is 33.9 Å². The summed E-state index contributed by atoms with van der Waals surface area (Å²) in [4.78, 5) is 23.6. The first kappa shape index (κ1) is 12.3. The molecule has 1 atom stereocenters. The molecule has 1 heterocycles. The standard InChI is InChI=1S/C12H15N3O3/c1-8-4-12(16)14(6-8)7-9-2-3-10(13)11(5-9)15(17)18/h2-3,5,8H,4,6-7,13H2,1H3. The predicted octanol–water partition coefficient (Wildman–Crippen LogP) is 1.55. The number of nitrogen functional groups attached to an aromatic ring is 1. The van der Waals surface area contributed by atoms with Crippen molar-refractivity contribution in [2.75, 3.05) is 12.3 Å². The molecule has 1 unspecified atom stereocenters. The Bertz CT molecular complexity index is 501. The topological polar surface area (TPSA) is 89.5 Å². The van der Waals surface area contributed by atoms with E-state index in [9.17, 15) is 14.9 Å². The molecule has 2 rings (SSSR count). The van der Waals surface area contributed by atoms with Gasteiger partial charge in [-0.15, -0.1) is 0 Å². The number of hydrogen-bond donors (Lipinski definition) is 1. The van der Waals surface area contributed by atoms with E-state index in [1.165, 1.54) is 12.1 Å². The molecule has 6 heteroatoms. The van der Waals surface area contributed by atoms with E-state index in [0.29, 0.717) is 25.4 Å². The molecule has 1 fully saturated rings. The minimum absolute atomic E-state index is 0.0991. The first-order chi connectivity index (χ1) is 8.47. The normalized spacial score (nSPS) is 19.3. The van der Waals surface area contributed by atoms with Crippen molar-refractivity contribution in [1.29, 1.82) is 0 Å². The maximum absolute atomic E-state index is 11.6. The number of carbonyl (C=O) groups is 1. The number of likely N-dealkylation sites (tertiary alicyclic amines) is 1. The average molecular weight is 249 g/mol. The number of benzene rings is 1. The van der Waals surface area contributed by atoms with E-state index in [4.69, 9.17) is 5.73 Å². The van der Waals surface area contributed by atoms with Crippen LogP contribution in [0.5, 0.6) is 0 Å². The molecule has 6 nitrogen and oxygen atoms in total. The van der Waals surface area contributed by atoms with Gasteiger partial charge in [0.15, 0.2) is 0 Å². The van der Waals surface area contributed by atoms with E-state index in [1.54, 1.807) is 11.0 Å². The molecule has 1 amide bonds. The third-order valence-electron chi connectivity index (χ3n) is 3.07. The second-order valence-corrected chi connectivity index (χ2v) is 4.73. The number of amides is 1. The maximum Gasteiger partial charge on any atom is 0.292 e. The van der Waals surface area contributed by atoms with Crippen molar-refractivity contribution in [3.63, 3.8) is 0 Å². The minimum Gasteiger partial charge on any atom is -0.393 e. The third kappa shape index (κ3) is 2.42. The molecule has 2 N–H and O–H groups in total. The number of hydrogen-bond acceptors (Lipinski definition) is 4. The predicted molar refractivity (Wildman–Crippen MR) is 66.7 cm³/mol. The fourth-order valence-electron chi connectivity index (χ4n) is 2.19. The van der Waals surface area contributed by atoms with Gasteiger partial charge in [-0.1, -0.05) is 13.0 Å². The Morgan fingerprint density at radius 1 is 1.56 bits per heavy atom. The number of nitrogens with zero attached hydrogens (tertiary/aromatic N) is 2. The number of rotatable bonds is 3. The van der Waals surface area contributed by atoms with Crippen LogP contribution in [0.2, 0.25) is 0 Å². The maximum atomic E-state index is 11.6. The van der Waals surface area contributed by atoms with Crippen LogP contribution in [-0.4, -0.2) is 22.3 Å². The number of anilines is 1. The van der Waals surface area contributed by atoms with Gasteiger partial charge in [0, 0.05) is 25.6 Å². The van der Waals surface area contributed by atoms with Gasteiger partial charge in [0.25, 0.3) is 5.69 Å². The van der Waals surface area contributed by atoms with Gasteiger partial charge >= 0.3 is 0 Å². The average Bonchev–Trinajstić information content (AvgIpc) is 2.60. The van der Waals surface area contributed by atoms with Crippen LogP contribution in [0.3, 0.4) is 0 Å². The van der Waals surface area contributed by atoms with Gasteiger partial charge in [-0.3, -0.25) is 14.9 Å². The van der Waals surface area contributed by atoms with E-state index in [1.807, 2.05) is 6.92 Å². The molecule has 0 bridgehead atoms. The highest BCUT2D eigenvalue weighted by molar-refractivity contribution is 5.78. The Labute approximate surface area is 105 Å². The van der Waals surface area contributed by atoms with Gasteiger partial charge in [0.05, 0.1) is 4.92 Å². The molecule has 0 radical (unpaired) electrons. The summed E-state index contributed by atoms with van der Waals surface area (Å²) in [6.45, 7) is 3.13. The van der Waals surface area contributed by atoms with Crippen LogP contribution in [0.15, 0.2) is 18.2 Å². The second kappa shape index (κ2) is 4.64. The number of nitro groups is 1. The van der Waals surface area contributed by atoms with E-state index in [0.717, 1.165) is 5.56 Å². The number of nitrogens with two attached hydrogens (primary N) is 1. The van der Waals surface area contributed by atoms with E-state index in [2.05, 4.69) is 0 Å². The molecule has 0 saturated carbocycles. The summed E-state index contributed by atoms with van der Waals surface area (Å²) in [6.07, 6.45) is 0.553. The SMILES string of the molecule is CC1CC(=O)N(Cc2ccc(N)c([N+](=O)[O-])c2)C1. The molecule has 1 aromatic rings. The van der Waals surface area contributed by atoms with Crippen molar-refractivity contribution in [1.82, 2.24) is 4.90 Å². The lowest BCUT2D eigenvalue weighted by atomic mass is 10.1. The number of nitro benzene ring substituents is 1. The minimum atomic E-state index is -0.507. The smallest absolute Gasteiger partial charge is 0.292 e. The molecule has 0 aliphatic carbocycles. The monoisotopic (exact) mass is 249 g/mol. The summed E-state index contributed by atoms with van der Waals surface area (Å²) in [7, 11) is 0. The van der Waals surface area contributed by atoms with Crippen molar-refractivity contribution in [2.45, 2.75) is 19.9 Å². The highest BCUT2D eigenvalue weighted by atomic mass is 16.6. The molecule has 1 saturated heterocycles. The van der Waals surface area contributed by atoms with Crippen LogP contribution >= 0.6 is 0 Å². The zero-order valence-corrected chi connectivity index (χ0v) is 10.1. The Morgan fingerprint density at radius 2 is 2.28 bits per heavy atom. The Balaban J connectivity index is 2.17. The van der Waals surface area contributed by atoms with Gasteiger partial charge in [-0.05, 0) is 17.5 Å². The van der Waals surface area contributed by atoms with Gasteiger partial charge in [-0.25, -0.2) is 0 Å². The van der Waals surface area contributed by atoms with E-state index < -0.39 is 4.92 Å². The van der Waals surface area contributed by atoms with Crippen molar-refractivity contribution in [2.24, 2.45) is 5.92 Å². The van der Waals surface area contributed by atoms with Crippen LogP contribution in [0.1, 0.15) is 18.9 Å². The van der Waals surface area contributed by atoms with Gasteiger partial charge < -0.3 is 10.6 Å². The largest absolute Gasteiger partial charge is 0.393 e. The van der Waals surface area contributed by atoms with Crippen LogP contribution in [-0.2, 0) is 11.3 Å². The molecular weight excluding hydrogens is 234 g/mol. The summed E-state index contributed by atoms with van der Waals surface area (Å²) >= 11 is 0. The lowest BCUT2D eigenvalue weighted by molar-refractivity contribution is -0.384. The van der Waals surface area contributed by atoms with E-state index >= 15 is 0 Å². The molecule has 0 aromatic heterocycles. The first-order valence-electron chi connectivity index (χ1n) is 5.78. The first-order valence-corrected chi connectivity index (χ1v) is 5.78. The van der Waals surface area contributed by atoms with Gasteiger partial charge in [-0.2, -0.15) is 0 Å². The molecule has 96 valence electrons. The fraction of sp³-hybridized carbons (Fsp3) is 0.417. The van der Waals surface area contributed by atoms with Crippen LogP contribution in [0, 0.1) is 16.0 Å². The van der Waals surface area contributed by atoms with Crippen molar-refractivity contribution in [3.8, 4) is 0 Å². The highest BCUT2D eigenvalue weighted by Crippen LogP contribution is 2.25. The second-order valence-electron chi connectivity index (χ2n) is 4.73. The molecule has 0 spiro atoms. The van der Waals surface area contributed by atoms with Crippen molar-refractivity contribution >= 4 is 17.3 Å². The Kier molecular flexibility index (Phi) is 3.18. The molecular formula is C12H15N3O3. The third-order valence-corrected chi connectivity index (χ3v) is 3.07. The zero-order chi connectivity index (χ0) is 13.3. The lowest BCUT2D eigenvalue weighted by Crippen LogP contribution is -2.24. The van der Waals surface area contributed by atoms with Crippen LogP contribution in [0.4, 0.5) is 11.4 Å². The van der Waals surface area contributed by atoms with E-state index in [-0.39, 0.29) is 17.3 Å². The molecule has 1 aliphatic heterocycles. The van der Waals surface area contributed by atoms with Gasteiger partial charge in [0.1, 0.15) is 5.69 Å². The summed E-state index contributed by atoms with van der Waals surface area (Å²) in [5.74, 6) is 0.447. The van der Waals surface area contributed by atoms with Crippen molar-refractivity contribution < 1.29 is 9.72 Å². The quantitative estimate of drug-likeness (QED) is 0.500. The highest BCUT2D eigenvalue weighted by Gasteiger charge is 2.26. The Morgan fingerprint density at radius 3 is 2.83 bits per heavy atom. The summed E-state index contributed by atoms with van der Waals surface area (Å²) in [6, 6.07) is 4.67. The van der Waals surface area contributed by atoms with Gasteiger partial charge in [0.2, 0.25) is 5.91 Å². The summed E-state index contributed by atoms with van der Waals surface area (Å²) < 4.78 is 0.